The lowest BCUT2D eigenvalue weighted by Gasteiger charge is -2.40. The molecule has 0 aliphatic carbocycles. The Hall–Kier alpha value is -2.06. The summed E-state index contributed by atoms with van der Waals surface area (Å²) in [6.45, 7) is 6.44. The number of anilines is 1. The normalized spacial score (nSPS) is 22.9. The van der Waals surface area contributed by atoms with Gasteiger partial charge in [-0.2, -0.15) is 5.26 Å². The Morgan fingerprint density at radius 3 is 3.10 bits per heavy atom. The van der Waals surface area contributed by atoms with Crippen LogP contribution < -0.4 is 4.90 Å². The first-order valence-electron chi connectivity index (χ1n) is 6.93. The molecule has 20 heavy (non-hydrogen) atoms. The maximum Gasteiger partial charge on any atom is 0.169 e. The molecule has 1 aliphatic heterocycles. The van der Waals surface area contributed by atoms with Crippen molar-refractivity contribution >= 4 is 11.5 Å². The van der Waals surface area contributed by atoms with E-state index in [0.717, 1.165) is 31.0 Å². The molecular formula is C15H18N4O. The summed E-state index contributed by atoms with van der Waals surface area (Å²) in [5, 5.41) is 9.45. The number of nitriles is 1. The van der Waals surface area contributed by atoms with E-state index in [1.807, 2.05) is 28.8 Å². The van der Waals surface area contributed by atoms with Crippen molar-refractivity contribution in [2.45, 2.75) is 25.9 Å². The fourth-order valence-electron chi connectivity index (χ4n) is 2.63. The first-order chi connectivity index (χ1) is 9.67. The highest BCUT2D eigenvalue weighted by Crippen LogP contribution is 2.28. The molecule has 0 aromatic carbocycles. The Balaban J connectivity index is 2.04. The number of nitrogens with zero attached hydrogens (tertiary/aromatic N) is 4. The molecule has 5 heteroatoms. The maximum absolute atomic E-state index is 9.45. The fraction of sp³-hybridized carbons (Fsp3) is 0.467. The van der Waals surface area contributed by atoms with E-state index in [9.17, 15) is 5.26 Å². The summed E-state index contributed by atoms with van der Waals surface area (Å²) in [7, 11) is 0. The molecule has 0 spiro atoms. The quantitative estimate of drug-likeness (QED) is 0.839. The summed E-state index contributed by atoms with van der Waals surface area (Å²) in [6.07, 6.45) is 2.82. The van der Waals surface area contributed by atoms with Gasteiger partial charge in [0.15, 0.2) is 11.5 Å². The summed E-state index contributed by atoms with van der Waals surface area (Å²) in [5.74, 6) is 0.765. The lowest BCUT2D eigenvalue weighted by Crippen LogP contribution is -2.50. The van der Waals surface area contributed by atoms with E-state index in [-0.39, 0.29) is 5.60 Å². The van der Waals surface area contributed by atoms with Crippen LogP contribution in [0.1, 0.15) is 26.0 Å². The number of rotatable bonds is 2. The SMILES string of the molecule is CCC1(C)CN(c2nc3ccccn3c2C#N)CCO1. The number of ether oxygens (including phenoxy) is 1. The van der Waals surface area contributed by atoms with Crippen LogP contribution in [0.25, 0.3) is 5.65 Å². The molecule has 0 bridgehead atoms. The molecule has 5 nitrogen and oxygen atoms in total. The molecule has 3 heterocycles. The van der Waals surface area contributed by atoms with Crippen LogP contribution >= 0.6 is 0 Å². The van der Waals surface area contributed by atoms with Gasteiger partial charge in [-0.05, 0) is 25.5 Å². The number of morpholine rings is 1. The largest absolute Gasteiger partial charge is 0.372 e. The summed E-state index contributed by atoms with van der Waals surface area (Å²) < 4.78 is 7.70. The highest BCUT2D eigenvalue weighted by atomic mass is 16.5. The minimum absolute atomic E-state index is 0.166. The minimum atomic E-state index is -0.166. The standard InChI is InChI=1S/C15H18N4O/c1-3-15(2)11-18(8-9-20-15)14-12(10-16)19-7-5-4-6-13(19)17-14/h4-7H,3,8-9,11H2,1-2H3. The molecule has 0 saturated carbocycles. The van der Waals surface area contributed by atoms with Crippen molar-refractivity contribution in [1.29, 1.82) is 5.26 Å². The van der Waals surface area contributed by atoms with E-state index < -0.39 is 0 Å². The zero-order valence-electron chi connectivity index (χ0n) is 11.8. The summed E-state index contributed by atoms with van der Waals surface area (Å²) in [4.78, 5) is 6.78. The van der Waals surface area contributed by atoms with Gasteiger partial charge in [0.05, 0.1) is 12.2 Å². The lowest BCUT2D eigenvalue weighted by molar-refractivity contribution is -0.0443. The Morgan fingerprint density at radius 2 is 2.35 bits per heavy atom. The Labute approximate surface area is 118 Å². The molecule has 1 saturated heterocycles. The lowest BCUT2D eigenvalue weighted by atomic mass is 10.0. The second-order valence-electron chi connectivity index (χ2n) is 5.40. The van der Waals surface area contributed by atoms with Gasteiger partial charge in [-0.15, -0.1) is 0 Å². The average molecular weight is 270 g/mol. The van der Waals surface area contributed by atoms with Crippen LogP contribution in [0, 0.1) is 11.3 Å². The van der Waals surface area contributed by atoms with Crippen molar-refractivity contribution in [3.05, 3.63) is 30.1 Å². The molecule has 104 valence electrons. The van der Waals surface area contributed by atoms with Gasteiger partial charge < -0.3 is 9.64 Å². The molecule has 1 aliphatic rings. The zero-order valence-corrected chi connectivity index (χ0v) is 11.8. The Bertz CT molecular complexity index is 672. The zero-order chi connectivity index (χ0) is 14.2. The molecular weight excluding hydrogens is 252 g/mol. The van der Waals surface area contributed by atoms with Gasteiger partial charge in [-0.25, -0.2) is 4.98 Å². The van der Waals surface area contributed by atoms with E-state index >= 15 is 0 Å². The molecule has 0 radical (unpaired) electrons. The van der Waals surface area contributed by atoms with Gasteiger partial charge in [-0.1, -0.05) is 13.0 Å². The second-order valence-corrected chi connectivity index (χ2v) is 5.40. The van der Waals surface area contributed by atoms with E-state index in [2.05, 4.69) is 29.8 Å². The smallest absolute Gasteiger partial charge is 0.169 e. The summed E-state index contributed by atoms with van der Waals surface area (Å²) in [5.41, 5.74) is 1.24. The Morgan fingerprint density at radius 1 is 1.50 bits per heavy atom. The van der Waals surface area contributed by atoms with Crippen LogP contribution in [0.5, 0.6) is 0 Å². The number of hydrogen-bond acceptors (Lipinski definition) is 4. The molecule has 1 atom stereocenters. The van der Waals surface area contributed by atoms with E-state index in [0.29, 0.717) is 12.3 Å². The van der Waals surface area contributed by atoms with Gasteiger partial charge in [-0.3, -0.25) is 4.40 Å². The van der Waals surface area contributed by atoms with Crippen LogP contribution in [0.3, 0.4) is 0 Å². The van der Waals surface area contributed by atoms with Crippen LogP contribution in [-0.2, 0) is 4.74 Å². The van der Waals surface area contributed by atoms with Gasteiger partial charge in [0.2, 0.25) is 0 Å². The Kier molecular flexibility index (Phi) is 3.11. The van der Waals surface area contributed by atoms with Crippen molar-refractivity contribution in [3.8, 4) is 6.07 Å². The monoisotopic (exact) mass is 270 g/mol. The third kappa shape index (κ3) is 2.02. The van der Waals surface area contributed by atoms with Gasteiger partial charge in [0.25, 0.3) is 0 Å². The van der Waals surface area contributed by atoms with Gasteiger partial charge in [0.1, 0.15) is 11.7 Å². The molecule has 2 aromatic rings. The fourth-order valence-corrected chi connectivity index (χ4v) is 2.63. The van der Waals surface area contributed by atoms with Crippen molar-refractivity contribution < 1.29 is 4.74 Å². The van der Waals surface area contributed by atoms with Gasteiger partial charge >= 0.3 is 0 Å². The number of pyridine rings is 1. The maximum atomic E-state index is 9.45. The van der Waals surface area contributed by atoms with Crippen molar-refractivity contribution in [2.75, 3.05) is 24.6 Å². The van der Waals surface area contributed by atoms with Crippen molar-refractivity contribution in [1.82, 2.24) is 9.38 Å². The first-order valence-corrected chi connectivity index (χ1v) is 6.93. The third-order valence-electron chi connectivity index (χ3n) is 4.00. The number of imidazole rings is 1. The van der Waals surface area contributed by atoms with E-state index in [1.165, 1.54) is 0 Å². The van der Waals surface area contributed by atoms with Crippen LogP contribution in [0.15, 0.2) is 24.4 Å². The predicted octanol–water partition coefficient (Wildman–Crippen LogP) is 2.21. The molecule has 0 N–H and O–H groups in total. The molecule has 1 fully saturated rings. The minimum Gasteiger partial charge on any atom is -0.372 e. The average Bonchev–Trinajstić information content (AvgIpc) is 2.86. The van der Waals surface area contributed by atoms with E-state index in [4.69, 9.17) is 4.74 Å². The highest BCUT2D eigenvalue weighted by Gasteiger charge is 2.32. The topological polar surface area (TPSA) is 53.6 Å². The number of fused-ring (bicyclic) bond motifs is 1. The molecule has 2 aromatic heterocycles. The number of aromatic nitrogens is 2. The first kappa shape index (κ1) is 12.9. The van der Waals surface area contributed by atoms with Crippen LogP contribution in [0.2, 0.25) is 0 Å². The number of hydrogen-bond donors (Lipinski definition) is 0. The van der Waals surface area contributed by atoms with Gasteiger partial charge in [0, 0.05) is 19.3 Å². The molecule has 1 unspecified atom stereocenters. The van der Waals surface area contributed by atoms with Crippen LogP contribution in [0.4, 0.5) is 5.82 Å². The van der Waals surface area contributed by atoms with E-state index in [1.54, 1.807) is 0 Å². The summed E-state index contributed by atoms with van der Waals surface area (Å²) >= 11 is 0. The predicted molar refractivity (Wildman–Crippen MR) is 76.8 cm³/mol. The molecule has 0 amide bonds. The third-order valence-corrected chi connectivity index (χ3v) is 4.00. The highest BCUT2D eigenvalue weighted by molar-refractivity contribution is 5.60. The van der Waals surface area contributed by atoms with Crippen LogP contribution in [-0.4, -0.2) is 34.7 Å². The summed E-state index contributed by atoms with van der Waals surface area (Å²) in [6, 6.07) is 8.04. The second kappa shape index (κ2) is 4.80. The van der Waals surface area contributed by atoms with Crippen molar-refractivity contribution in [2.24, 2.45) is 0 Å². The molecule has 3 rings (SSSR count). The van der Waals surface area contributed by atoms with Crippen molar-refractivity contribution in [3.63, 3.8) is 0 Å².